The van der Waals surface area contributed by atoms with Crippen LogP contribution in [-0.2, 0) is 4.79 Å². The van der Waals surface area contributed by atoms with Crippen molar-refractivity contribution in [3.8, 4) is 0 Å². The number of carboxylic acids is 1. The van der Waals surface area contributed by atoms with Crippen molar-refractivity contribution >= 4 is 5.97 Å². The maximum absolute atomic E-state index is 10.3. The number of carbonyl (C=O) groups is 1. The summed E-state index contributed by atoms with van der Waals surface area (Å²) in [6, 6.07) is -0.554. The minimum Gasteiger partial charge on any atom is -0.544 e. The van der Waals surface area contributed by atoms with Gasteiger partial charge < -0.3 is 26.7 Å². The van der Waals surface area contributed by atoms with Crippen LogP contribution in [0.15, 0.2) is 0 Å². The molecule has 0 fully saturated rings. The Morgan fingerprint density at radius 3 is 2.54 bits per heavy atom. The van der Waals surface area contributed by atoms with Gasteiger partial charge in [-0.25, -0.2) is 0 Å². The number of carboxylic acid groups (broad SMARTS) is 1. The highest BCUT2D eigenvalue weighted by molar-refractivity contribution is 5.68. The molecule has 0 unspecified atom stereocenters. The first-order valence-corrected chi connectivity index (χ1v) is 4.83. The molecule has 13 heavy (non-hydrogen) atoms. The van der Waals surface area contributed by atoms with E-state index in [-0.39, 0.29) is 0 Å². The van der Waals surface area contributed by atoms with E-state index in [2.05, 4.69) is 16.8 Å². The largest absolute Gasteiger partial charge is 0.544 e. The first-order valence-electron chi connectivity index (χ1n) is 4.83. The van der Waals surface area contributed by atoms with E-state index >= 15 is 0 Å². The number of hydrogen-bond acceptors (Lipinski definition) is 2. The lowest BCUT2D eigenvalue weighted by Crippen LogP contribution is -2.85. The van der Waals surface area contributed by atoms with Crippen LogP contribution in [0.4, 0.5) is 0 Å². The Labute approximate surface area is 78.5 Å². The van der Waals surface area contributed by atoms with E-state index in [0.717, 1.165) is 32.5 Å². The maximum Gasteiger partial charge on any atom is 0.125 e. The molecule has 0 aromatic heterocycles. The van der Waals surface area contributed by atoms with Crippen LogP contribution in [0.5, 0.6) is 0 Å². The summed E-state index contributed by atoms with van der Waals surface area (Å²) in [4.78, 5) is 10.3. The van der Waals surface area contributed by atoms with Gasteiger partial charge in [0.25, 0.3) is 0 Å². The SMILES string of the molecule is [NH3+]CCC[NH2+]CCC[C@H]([NH3+])C(=O)[O-]. The van der Waals surface area contributed by atoms with Crippen LogP contribution >= 0.6 is 0 Å². The summed E-state index contributed by atoms with van der Waals surface area (Å²) in [5.74, 6) is -1.04. The quantitative estimate of drug-likeness (QED) is 0.335. The van der Waals surface area contributed by atoms with Gasteiger partial charge in [0.1, 0.15) is 6.04 Å². The standard InChI is InChI=1S/C8H19N3O2/c9-4-2-6-11-5-1-3-7(10)8(12)13/h7,11H,1-6,9-10H2,(H,12,13)/p+2/t7-/m0/s1. The number of hydrogen-bond donors (Lipinski definition) is 3. The molecule has 0 aromatic rings. The lowest BCUT2D eigenvalue weighted by molar-refractivity contribution is -0.657. The normalized spacial score (nSPS) is 12.8. The molecule has 78 valence electrons. The second kappa shape index (κ2) is 7.97. The fraction of sp³-hybridized carbons (Fsp3) is 0.875. The molecule has 0 spiro atoms. The molecule has 0 amide bonds. The van der Waals surface area contributed by atoms with Crippen LogP contribution in [0.2, 0.25) is 0 Å². The van der Waals surface area contributed by atoms with E-state index in [1.54, 1.807) is 0 Å². The summed E-state index contributed by atoms with van der Waals surface area (Å²) in [5, 5.41) is 12.5. The summed E-state index contributed by atoms with van der Waals surface area (Å²) in [6.07, 6.45) is 2.62. The van der Waals surface area contributed by atoms with Crippen LogP contribution in [0.3, 0.4) is 0 Å². The van der Waals surface area contributed by atoms with Gasteiger partial charge >= 0.3 is 0 Å². The van der Waals surface area contributed by atoms with E-state index in [0.29, 0.717) is 6.42 Å². The van der Waals surface area contributed by atoms with E-state index in [1.807, 2.05) is 0 Å². The molecule has 8 N–H and O–H groups in total. The molecule has 0 aliphatic heterocycles. The molecule has 0 radical (unpaired) electrons. The predicted octanol–water partition coefficient (Wildman–Crippen LogP) is -4.68. The van der Waals surface area contributed by atoms with Crippen molar-refractivity contribution < 1.29 is 26.7 Å². The van der Waals surface area contributed by atoms with Crippen LogP contribution in [0.1, 0.15) is 19.3 Å². The van der Waals surface area contributed by atoms with Gasteiger partial charge in [-0.15, -0.1) is 0 Å². The fourth-order valence-corrected chi connectivity index (χ4v) is 1.06. The van der Waals surface area contributed by atoms with Gasteiger partial charge in [-0.05, 0) is 0 Å². The van der Waals surface area contributed by atoms with Crippen LogP contribution < -0.4 is 21.9 Å². The van der Waals surface area contributed by atoms with E-state index in [1.165, 1.54) is 0 Å². The smallest absolute Gasteiger partial charge is 0.125 e. The third-order valence-corrected chi connectivity index (χ3v) is 1.95. The Hall–Kier alpha value is -0.650. The Kier molecular flexibility index (Phi) is 7.57. The number of quaternary nitrogens is 3. The second-order valence-electron chi connectivity index (χ2n) is 3.23. The van der Waals surface area contributed by atoms with Crippen molar-refractivity contribution in [2.75, 3.05) is 19.6 Å². The average molecular weight is 191 g/mol. The molecule has 0 aliphatic carbocycles. The second-order valence-corrected chi connectivity index (χ2v) is 3.23. The molecule has 0 aromatic carbocycles. The van der Waals surface area contributed by atoms with Gasteiger partial charge in [0.2, 0.25) is 0 Å². The molecule has 0 bridgehead atoms. The lowest BCUT2D eigenvalue weighted by Gasteiger charge is -2.07. The highest BCUT2D eigenvalue weighted by Crippen LogP contribution is 1.87. The van der Waals surface area contributed by atoms with Gasteiger partial charge in [0, 0.05) is 19.3 Å². The minimum absolute atomic E-state index is 0.554. The van der Waals surface area contributed by atoms with Gasteiger partial charge in [-0.2, -0.15) is 0 Å². The van der Waals surface area contributed by atoms with Crippen LogP contribution in [0.25, 0.3) is 0 Å². The lowest BCUT2D eigenvalue weighted by atomic mass is 10.2. The summed E-state index contributed by atoms with van der Waals surface area (Å²) in [7, 11) is 0. The van der Waals surface area contributed by atoms with E-state index < -0.39 is 12.0 Å². The van der Waals surface area contributed by atoms with Gasteiger partial charge in [0.05, 0.1) is 25.6 Å². The molecule has 0 aliphatic rings. The molecular formula is C8H21N3O2+2. The third kappa shape index (κ3) is 7.70. The molecular weight excluding hydrogens is 170 g/mol. The number of aliphatic carboxylic acids is 1. The zero-order valence-corrected chi connectivity index (χ0v) is 8.13. The van der Waals surface area contributed by atoms with Crippen molar-refractivity contribution in [2.24, 2.45) is 0 Å². The summed E-state index contributed by atoms with van der Waals surface area (Å²) in [6.45, 7) is 3.02. The molecule has 1 atom stereocenters. The summed E-state index contributed by atoms with van der Waals surface area (Å²) >= 11 is 0. The maximum atomic E-state index is 10.3. The number of carbonyl (C=O) groups excluding carboxylic acids is 1. The molecule has 0 saturated carbocycles. The van der Waals surface area contributed by atoms with Gasteiger partial charge in [-0.3, -0.25) is 0 Å². The Balaban J connectivity index is 3.11. The number of rotatable bonds is 8. The minimum atomic E-state index is -1.04. The predicted molar refractivity (Wildman–Crippen MR) is 44.9 cm³/mol. The zero-order valence-electron chi connectivity index (χ0n) is 8.13. The molecule has 5 heteroatoms. The van der Waals surface area contributed by atoms with Crippen molar-refractivity contribution in [1.82, 2.24) is 0 Å². The van der Waals surface area contributed by atoms with Crippen molar-refractivity contribution in [2.45, 2.75) is 25.3 Å². The Morgan fingerprint density at radius 1 is 1.38 bits per heavy atom. The molecule has 0 heterocycles. The van der Waals surface area contributed by atoms with E-state index in [9.17, 15) is 9.90 Å². The molecule has 0 saturated heterocycles. The highest BCUT2D eigenvalue weighted by Gasteiger charge is 2.06. The van der Waals surface area contributed by atoms with Crippen molar-refractivity contribution in [1.29, 1.82) is 0 Å². The van der Waals surface area contributed by atoms with Crippen LogP contribution in [-0.4, -0.2) is 31.6 Å². The van der Waals surface area contributed by atoms with Gasteiger partial charge in [-0.1, -0.05) is 0 Å². The van der Waals surface area contributed by atoms with Crippen LogP contribution in [0, 0.1) is 0 Å². The van der Waals surface area contributed by atoms with Crippen molar-refractivity contribution in [3.63, 3.8) is 0 Å². The van der Waals surface area contributed by atoms with Gasteiger partial charge in [0.15, 0.2) is 0 Å². The highest BCUT2D eigenvalue weighted by atomic mass is 16.4. The molecule has 5 nitrogen and oxygen atoms in total. The third-order valence-electron chi connectivity index (χ3n) is 1.95. The Bertz CT molecular complexity index is 141. The average Bonchev–Trinajstić information content (AvgIpc) is 2.10. The van der Waals surface area contributed by atoms with E-state index in [4.69, 9.17) is 0 Å². The number of nitrogens with two attached hydrogens (primary N) is 1. The first-order chi connectivity index (χ1) is 6.18. The Morgan fingerprint density at radius 2 is 2.00 bits per heavy atom. The summed E-state index contributed by atoms with van der Waals surface area (Å²) < 4.78 is 0. The van der Waals surface area contributed by atoms with Crippen molar-refractivity contribution in [3.05, 3.63) is 0 Å². The zero-order chi connectivity index (χ0) is 10.1. The molecule has 0 rings (SSSR count). The fourth-order valence-electron chi connectivity index (χ4n) is 1.06. The monoisotopic (exact) mass is 191 g/mol. The topological polar surface area (TPSA) is 112 Å². The summed E-state index contributed by atoms with van der Waals surface area (Å²) in [5.41, 5.74) is 7.22. The first kappa shape index (κ1) is 12.3.